The molecule has 0 aromatic heterocycles. The van der Waals surface area contributed by atoms with E-state index in [2.05, 4.69) is 27.0 Å². The molecule has 2 atom stereocenters. The lowest BCUT2D eigenvalue weighted by atomic mass is 10.1. The van der Waals surface area contributed by atoms with E-state index in [0.717, 1.165) is 22.5 Å². The summed E-state index contributed by atoms with van der Waals surface area (Å²) in [6, 6.07) is 13.5. The summed E-state index contributed by atoms with van der Waals surface area (Å²) in [7, 11) is 0. The summed E-state index contributed by atoms with van der Waals surface area (Å²) in [6.07, 6.45) is -0.266. The summed E-state index contributed by atoms with van der Waals surface area (Å²) >= 11 is 0. The smallest absolute Gasteiger partial charge is 0.246 e. The monoisotopic (exact) mass is 325 g/mol. The van der Waals surface area contributed by atoms with Crippen molar-refractivity contribution in [3.8, 4) is 0 Å². The van der Waals surface area contributed by atoms with Crippen LogP contribution in [0.2, 0.25) is 0 Å². The lowest BCUT2D eigenvalue weighted by molar-refractivity contribution is -0.118. The van der Waals surface area contributed by atoms with E-state index < -0.39 is 6.04 Å². The molecule has 6 nitrogen and oxygen atoms in total. The minimum absolute atomic E-state index is 0.106. The van der Waals surface area contributed by atoms with Gasteiger partial charge >= 0.3 is 0 Å². The van der Waals surface area contributed by atoms with Crippen molar-refractivity contribution in [1.29, 1.82) is 0 Å². The van der Waals surface area contributed by atoms with E-state index in [1.54, 1.807) is 0 Å². The zero-order valence-electron chi connectivity index (χ0n) is 14.1. The summed E-state index contributed by atoms with van der Waals surface area (Å²) in [4.78, 5) is 12.6. The van der Waals surface area contributed by atoms with Crippen molar-refractivity contribution in [2.45, 2.75) is 33.0 Å². The highest BCUT2D eigenvalue weighted by atomic mass is 16.2. The lowest BCUT2D eigenvalue weighted by Crippen LogP contribution is -2.48. The molecule has 24 heavy (non-hydrogen) atoms. The van der Waals surface area contributed by atoms with Gasteiger partial charge in [0.15, 0.2) is 0 Å². The van der Waals surface area contributed by atoms with Gasteiger partial charge in [0.1, 0.15) is 12.2 Å². The van der Waals surface area contributed by atoms with Gasteiger partial charge in [0.25, 0.3) is 0 Å². The predicted octanol–water partition coefficient (Wildman–Crippen LogP) is 1.97. The highest BCUT2D eigenvalue weighted by Crippen LogP contribution is 2.19. The minimum atomic E-state index is -0.453. The van der Waals surface area contributed by atoms with Crippen molar-refractivity contribution in [3.63, 3.8) is 0 Å². The molecule has 0 aliphatic carbocycles. The summed E-state index contributed by atoms with van der Waals surface area (Å²) in [5.74, 6) is -0.106. The quantitative estimate of drug-likeness (QED) is 0.594. The SMILES string of the molecule is Cc1ccc(NC2NNNC2C(=O)Nc2cccc(C)c2C)cc1. The Kier molecular flexibility index (Phi) is 4.80. The number of anilines is 2. The molecule has 2 aromatic rings. The fourth-order valence-corrected chi connectivity index (χ4v) is 2.63. The van der Waals surface area contributed by atoms with E-state index in [0.29, 0.717) is 0 Å². The number of rotatable bonds is 4. The number of hydrogen-bond donors (Lipinski definition) is 5. The zero-order chi connectivity index (χ0) is 17.1. The lowest BCUT2D eigenvalue weighted by Gasteiger charge is -2.20. The number of carbonyl (C=O) groups excluding carboxylic acids is 1. The van der Waals surface area contributed by atoms with E-state index in [4.69, 9.17) is 0 Å². The first-order chi connectivity index (χ1) is 11.5. The second kappa shape index (κ2) is 7.00. The van der Waals surface area contributed by atoms with E-state index >= 15 is 0 Å². The average Bonchev–Trinajstić information content (AvgIpc) is 3.02. The summed E-state index contributed by atoms with van der Waals surface area (Å²) < 4.78 is 0. The first kappa shape index (κ1) is 16.4. The largest absolute Gasteiger partial charge is 0.367 e. The Morgan fingerprint density at radius 3 is 2.50 bits per heavy atom. The number of benzene rings is 2. The Morgan fingerprint density at radius 1 is 1.00 bits per heavy atom. The normalized spacial score (nSPS) is 20.0. The third-order valence-corrected chi connectivity index (χ3v) is 4.31. The molecule has 2 aromatic carbocycles. The van der Waals surface area contributed by atoms with E-state index in [9.17, 15) is 4.79 Å². The molecule has 0 spiro atoms. The van der Waals surface area contributed by atoms with Gasteiger partial charge < -0.3 is 10.6 Å². The maximum Gasteiger partial charge on any atom is 0.246 e. The van der Waals surface area contributed by atoms with Crippen LogP contribution in [0.4, 0.5) is 11.4 Å². The molecule has 2 unspecified atom stereocenters. The third kappa shape index (κ3) is 3.56. The van der Waals surface area contributed by atoms with Crippen LogP contribution in [-0.4, -0.2) is 18.1 Å². The van der Waals surface area contributed by atoms with E-state index in [1.807, 2.05) is 63.2 Å². The molecule has 1 amide bonds. The van der Waals surface area contributed by atoms with Gasteiger partial charge in [-0.2, -0.15) is 5.53 Å². The summed E-state index contributed by atoms with van der Waals surface area (Å²) in [5, 5.41) is 6.31. The molecule has 6 heteroatoms. The molecular formula is C18H23N5O. The fourth-order valence-electron chi connectivity index (χ4n) is 2.63. The highest BCUT2D eigenvalue weighted by molar-refractivity contribution is 5.96. The van der Waals surface area contributed by atoms with Crippen LogP contribution in [0.15, 0.2) is 42.5 Å². The van der Waals surface area contributed by atoms with Gasteiger partial charge in [-0.25, -0.2) is 10.9 Å². The number of nitrogens with one attached hydrogen (secondary N) is 5. The van der Waals surface area contributed by atoms with E-state index in [-0.39, 0.29) is 12.1 Å². The molecule has 0 bridgehead atoms. The van der Waals surface area contributed by atoms with Crippen LogP contribution in [-0.2, 0) is 4.79 Å². The maximum absolute atomic E-state index is 12.6. The molecule has 5 N–H and O–H groups in total. The van der Waals surface area contributed by atoms with E-state index in [1.165, 1.54) is 5.56 Å². The summed E-state index contributed by atoms with van der Waals surface area (Å²) in [5.41, 5.74) is 14.0. The highest BCUT2D eigenvalue weighted by Gasteiger charge is 2.33. The standard InChI is InChI=1S/C18H23N5O/c1-11-7-9-14(10-8-11)19-17-16(21-23-22-17)18(24)20-15-6-4-5-12(2)13(15)3/h4-10,16-17,19,21-23H,1-3H3,(H,20,24). The van der Waals surface area contributed by atoms with Gasteiger partial charge in [0.05, 0.1) is 0 Å². The Morgan fingerprint density at radius 2 is 1.75 bits per heavy atom. The van der Waals surface area contributed by atoms with Crippen molar-refractivity contribution in [2.24, 2.45) is 0 Å². The van der Waals surface area contributed by atoms with Crippen LogP contribution >= 0.6 is 0 Å². The van der Waals surface area contributed by atoms with Gasteiger partial charge in [0.2, 0.25) is 5.91 Å². The van der Waals surface area contributed by atoms with Crippen LogP contribution in [0.5, 0.6) is 0 Å². The van der Waals surface area contributed by atoms with Crippen LogP contribution < -0.4 is 27.0 Å². The molecule has 1 saturated heterocycles. The molecule has 3 rings (SSSR count). The van der Waals surface area contributed by atoms with Crippen LogP contribution in [0.1, 0.15) is 16.7 Å². The Labute approximate surface area is 142 Å². The molecular weight excluding hydrogens is 302 g/mol. The number of hydrogen-bond acceptors (Lipinski definition) is 5. The average molecular weight is 325 g/mol. The molecule has 1 aliphatic rings. The van der Waals surface area contributed by atoms with Crippen LogP contribution in [0, 0.1) is 20.8 Å². The van der Waals surface area contributed by atoms with Crippen molar-refractivity contribution in [2.75, 3.05) is 10.6 Å². The zero-order valence-corrected chi connectivity index (χ0v) is 14.1. The predicted molar refractivity (Wildman–Crippen MR) is 96.3 cm³/mol. The fraction of sp³-hybridized carbons (Fsp3) is 0.278. The summed E-state index contributed by atoms with van der Waals surface area (Å²) in [6.45, 7) is 6.08. The Hall–Kier alpha value is -2.41. The number of amides is 1. The number of carbonyl (C=O) groups is 1. The van der Waals surface area contributed by atoms with Crippen LogP contribution in [0.3, 0.4) is 0 Å². The minimum Gasteiger partial charge on any atom is -0.367 e. The molecule has 1 heterocycles. The van der Waals surface area contributed by atoms with Gasteiger partial charge in [-0.15, -0.1) is 0 Å². The number of aryl methyl sites for hydroxylation is 2. The number of hydrazine groups is 2. The Balaban J connectivity index is 1.69. The first-order valence-corrected chi connectivity index (χ1v) is 8.01. The first-order valence-electron chi connectivity index (χ1n) is 8.01. The van der Waals surface area contributed by atoms with Gasteiger partial charge in [-0.1, -0.05) is 29.8 Å². The molecule has 1 fully saturated rings. The van der Waals surface area contributed by atoms with Crippen molar-refractivity contribution >= 4 is 17.3 Å². The topological polar surface area (TPSA) is 77.2 Å². The van der Waals surface area contributed by atoms with Crippen molar-refractivity contribution in [1.82, 2.24) is 16.4 Å². The second-order valence-corrected chi connectivity index (χ2v) is 6.12. The van der Waals surface area contributed by atoms with Gasteiger partial charge in [-0.05, 0) is 50.1 Å². The molecule has 0 saturated carbocycles. The van der Waals surface area contributed by atoms with Crippen molar-refractivity contribution < 1.29 is 4.79 Å². The molecule has 1 aliphatic heterocycles. The second-order valence-electron chi connectivity index (χ2n) is 6.12. The van der Waals surface area contributed by atoms with Crippen LogP contribution in [0.25, 0.3) is 0 Å². The Bertz CT molecular complexity index is 729. The van der Waals surface area contributed by atoms with Crippen molar-refractivity contribution in [3.05, 3.63) is 59.2 Å². The molecule has 0 radical (unpaired) electrons. The third-order valence-electron chi connectivity index (χ3n) is 4.31. The van der Waals surface area contributed by atoms with Gasteiger partial charge in [-0.3, -0.25) is 4.79 Å². The molecule has 126 valence electrons. The maximum atomic E-state index is 12.6. The van der Waals surface area contributed by atoms with Gasteiger partial charge in [0, 0.05) is 11.4 Å².